The first-order valence-electron chi connectivity index (χ1n) is 5.59. The Labute approximate surface area is 115 Å². The third-order valence-electron chi connectivity index (χ3n) is 2.22. The summed E-state index contributed by atoms with van der Waals surface area (Å²) >= 11 is 0. The number of benzene rings is 1. The van der Waals surface area contributed by atoms with E-state index in [9.17, 15) is 13.6 Å². The smallest absolute Gasteiger partial charge is 0.387 e. The van der Waals surface area contributed by atoms with E-state index < -0.39 is 12.5 Å². The molecule has 0 heterocycles. The number of halogens is 2. The molecule has 0 radical (unpaired) electrons. The van der Waals surface area contributed by atoms with E-state index in [4.69, 9.17) is 11.2 Å². The first-order chi connectivity index (χ1) is 9.58. The highest BCUT2D eigenvalue weighted by Crippen LogP contribution is 2.33. The lowest BCUT2D eigenvalue weighted by Gasteiger charge is -2.12. The van der Waals surface area contributed by atoms with Crippen molar-refractivity contribution in [3.8, 4) is 23.8 Å². The molecule has 1 amide bonds. The number of methoxy groups -OCH3 is 1. The molecule has 0 aliphatic heterocycles. The van der Waals surface area contributed by atoms with Crippen molar-refractivity contribution < 1.29 is 23.0 Å². The number of terminal acetylenes is 1. The van der Waals surface area contributed by atoms with Gasteiger partial charge in [-0.3, -0.25) is 4.79 Å². The summed E-state index contributed by atoms with van der Waals surface area (Å²) in [6.07, 6.45) is 7.50. The number of rotatable bonds is 6. The minimum Gasteiger partial charge on any atom is -0.493 e. The molecular weight excluding hydrogens is 268 g/mol. The van der Waals surface area contributed by atoms with Crippen LogP contribution in [0.1, 0.15) is 5.56 Å². The van der Waals surface area contributed by atoms with Crippen LogP contribution < -0.4 is 14.8 Å². The fraction of sp³-hybridized carbons (Fsp3) is 0.214. The van der Waals surface area contributed by atoms with E-state index in [0.29, 0.717) is 5.56 Å². The molecule has 4 nitrogen and oxygen atoms in total. The normalized spacial score (nSPS) is 10.3. The molecule has 0 spiro atoms. The molecule has 0 unspecified atom stereocenters. The topological polar surface area (TPSA) is 47.6 Å². The second-order valence-electron chi connectivity index (χ2n) is 3.51. The lowest BCUT2D eigenvalue weighted by molar-refractivity contribution is -0.116. The maximum absolute atomic E-state index is 12.4. The Balaban J connectivity index is 2.96. The molecule has 0 saturated heterocycles. The largest absolute Gasteiger partial charge is 0.493 e. The van der Waals surface area contributed by atoms with Crippen LogP contribution in [0.4, 0.5) is 8.78 Å². The van der Waals surface area contributed by atoms with Gasteiger partial charge in [-0.2, -0.15) is 8.78 Å². The molecule has 1 rings (SSSR count). The van der Waals surface area contributed by atoms with Gasteiger partial charge < -0.3 is 14.8 Å². The zero-order valence-electron chi connectivity index (χ0n) is 10.7. The monoisotopic (exact) mass is 281 g/mol. The van der Waals surface area contributed by atoms with Gasteiger partial charge in [0.1, 0.15) is 0 Å². The summed E-state index contributed by atoms with van der Waals surface area (Å²) in [5, 5.41) is 2.41. The molecule has 0 aromatic heterocycles. The summed E-state index contributed by atoms with van der Waals surface area (Å²) < 4.78 is 34.1. The molecule has 6 heteroatoms. The maximum atomic E-state index is 12.4. The lowest BCUT2D eigenvalue weighted by atomic mass is 10.1. The zero-order chi connectivity index (χ0) is 15.0. The SMILES string of the molecule is C#CCNC(=O)C=Cc1cccc(OC)c1OC(F)F. The molecule has 0 aliphatic rings. The summed E-state index contributed by atoms with van der Waals surface area (Å²) in [4.78, 5) is 11.3. The van der Waals surface area contributed by atoms with Crippen LogP contribution in [0.2, 0.25) is 0 Å². The number of hydrogen-bond acceptors (Lipinski definition) is 3. The fourth-order valence-electron chi connectivity index (χ4n) is 1.40. The van der Waals surface area contributed by atoms with Gasteiger partial charge in [0.2, 0.25) is 5.91 Å². The van der Waals surface area contributed by atoms with Crippen molar-refractivity contribution in [2.75, 3.05) is 13.7 Å². The predicted molar refractivity (Wildman–Crippen MR) is 70.5 cm³/mol. The molecule has 106 valence electrons. The Morgan fingerprint density at radius 2 is 2.30 bits per heavy atom. The summed E-state index contributed by atoms with van der Waals surface area (Å²) in [6, 6.07) is 4.59. The third kappa shape index (κ3) is 4.61. The maximum Gasteiger partial charge on any atom is 0.387 e. The minimum absolute atomic E-state index is 0.0850. The average Bonchev–Trinajstić information content (AvgIpc) is 2.43. The molecule has 0 bridgehead atoms. The zero-order valence-corrected chi connectivity index (χ0v) is 10.7. The van der Waals surface area contributed by atoms with Crippen LogP contribution in [0.25, 0.3) is 6.08 Å². The molecule has 1 aromatic rings. The van der Waals surface area contributed by atoms with E-state index in [1.165, 1.54) is 31.4 Å². The van der Waals surface area contributed by atoms with Crippen molar-refractivity contribution in [2.24, 2.45) is 0 Å². The number of ether oxygens (including phenoxy) is 2. The number of carbonyl (C=O) groups excluding carboxylic acids is 1. The lowest BCUT2D eigenvalue weighted by Crippen LogP contribution is -2.20. The highest BCUT2D eigenvalue weighted by atomic mass is 19.3. The summed E-state index contributed by atoms with van der Waals surface area (Å²) in [7, 11) is 1.33. The second-order valence-corrected chi connectivity index (χ2v) is 3.51. The molecule has 0 fully saturated rings. The van der Waals surface area contributed by atoms with E-state index in [1.807, 2.05) is 0 Å². The Bertz CT molecular complexity index is 536. The fourth-order valence-corrected chi connectivity index (χ4v) is 1.40. The van der Waals surface area contributed by atoms with Gasteiger partial charge in [0.05, 0.1) is 13.7 Å². The number of nitrogens with one attached hydrogen (secondary N) is 1. The predicted octanol–water partition coefficient (Wildman–Crippen LogP) is 2.06. The molecule has 0 aliphatic carbocycles. The number of carbonyl (C=O) groups is 1. The van der Waals surface area contributed by atoms with E-state index in [2.05, 4.69) is 16.0 Å². The Hall–Kier alpha value is -2.55. The van der Waals surface area contributed by atoms with Crippen molar-refractivity contribution in [3.63, 3.8) is 0 Å². The molecule has 0 atom stereocenters. The van der Waals surface area contributed by atoms with Gasteiger partial charge in [0.15, 0.2) is 11.5 Å². The quantitative estimate of drug-likeness (QED) is 0.641. The summed E-state index contributed by atoms with van der Waals surface area (Å²) in [6.45, 7) is -2.91. The molecule has 0 saturated carbocycles. The van der Waals surface area contributed by atoms with Crippen LogP contribution in [-0.2, 0) is 4.79 Å². The van der Waals surface area contributed by atoms with Gasteiger partial charge in [-0.25, -0.2) is 0 Å². The van der Waals surface area contributed by atoms with Crippen LogP contribution >= 0.6 is 0 Å². The Morgan fingerprint density at radius 3 is 2.90 bits per heavy atom. The Kier molecular flexibility index (Phi) is 6.04. The van der Waals surface area contributed by atoms with Gasteiger partial charge in [-0.1, -0.05) is 18.1 Å². The molecule has 1 N–H and O–H groups in total. The molecule has 20 heavy (non-hydrogen) atoms. The van der Waals surface area contributed by atoms with E-state index in [0.717, 1.165) is 0 Å². The number of para-hydroxylation sites is 1. The highest BCUT2D eigenvalue weighted by Gasteiger charge is 2.13. The van der Waals surface area contributed by atoms with E-state index in [-0.39, 0.29) is 18.0 Å². The van der Waals surface area contributed by atoms with Crippen LogP contribution in [0, 0.1) is 12.3 Å². The number of hydrogen-bond donors (Lipinski definition) is 1. The first-order valence-corrected chi connectivity index (χ1v) is 5.59. The highest BCUT2D eigenvalue weighted by molar-refractivity contribution is 5.92. The minimum atomic E-state index is -2.99. The van der Waals surface area contributed by atoms with Gasteiger partial charge in [0, 0.05) is 11.6 Å². The first kappa shape index (κ1) is 15.5. The number of alkyl halides is 2. The van der Waals surface area contributed by atoms with Gasteiger partial charge in [-0.05, 0) is 12.1 Å². The Morgan fingerprint density at radius 1 is 1.55 bits per heavy atom. The van der Waals surface area contributed by atoms with Crippen molar-refractivity contribution in [1.29, 1.82) is 0 Å². The van der Waals surface area contributed by atoms with Crippen molar-refractivity contribution >= 4 is 12.0 Å². The standard InChI is InChI=1S/C14H13F2NO3/c1-3-9-17-12(18)8-7-10-5-4-6-11(19-2)13(10)20-14(15)16/h1,4-8,14H,9H2,2H3,(H,17,18). The van der Waals surface area contributed by atoms with Gasteiger partial charge in [-0.15, -0.1) is 6.42 Å². The van der Waals surface area contributed by atoms with Crippen LogP contribution in [0.5, 0.6) is 11.5 Å². The third-order valence-corrected chi connectivity index (χ3v) is 2.22. The second kappa shape index (κ2) is 7.79. The molecular formula is C14H13F2NO3. The van der Waals surface area contributed by atoms with Crippen molar-refractivity contribution in [2.45, 2.75) is 6.61 Å². The van der Waals surface area contributed by atoms with Crippen LogP contribution in [0.15, 0.2) is 24.3 Å². The van der Waals surface area contributed by atoms with Crippen molar-refractivity contribution in [3.05, 3.63) is 29.8 Å². The number of amides is 1. The van der Waals surface area contributed by atoms with Crippen LogP contribution in [-0.4, -0.2) is 26.2 Å². The van der Waals surface area contributed by atoms with Crippen molar-refractivity contribution in [1.82, 2.24) is 5.32 Å². The van der Waals surface area contributed by atoms with E-state index in [1.54, 1.807) is 6.07 Å². The van der Waals surface area contributed by atoms with Crippen LogP contribution in [0.3, 0.4) is 0 Å². The van der Waals surface area contributed by atoms with Gasteiger partial charge >= 0.3 is 6.61 Å². The average molecular weight is 281 g/mol. The molecule has 1 aromatic carbocycles. The van der Waals surface area contributed by atoms with Gasteiger partial charge in [0.25, 0.3) is 0 Å². The van der Waals surface area contributed by atoms with E-state index >= 15 is 0 Å². The summed E-state index contributed by atoms with van der Waals surface area (Å²) in [5.41, 5.74) is 0.292. The summed E-state index contributed by atoms with van der Waals surface area (Å²) in [5.74, 6) is 1.82.